The number of benzene rings is 3. The molecule has 0 unspecified atom stereocenters. The summed E-state index contributed by atoms with van der Waals surface area (Å²) in [6, 6.07) is 18.2. The Morgan fingerprint density at radius 2 is 1.64 bits per heavy atom. The van der Waals surface area contributed by atoms with Crippen LogP contribution in [0.25, 0.3) is 11.6 Å². The molecule has 0 bridgehead atoms. The van der Waals surface area contributed by atoms with Gasteiger partial charge in [-0.3, -0.25) is 0 Å². The molecule has 3 aromatic rings. The van der Waals surface area contributed by atoms with Gasteiger partial charge in [-0.15, -0.1) is 0 Å². The molecule has 0 spiro atoms. The quantitative estimate of drug-likeness (QED) is 0.183. The first-order valence-electron chi connectivity index (χ1n) is 8.21. The number of rotatable bonds is 5. The van der Waals surface area contributed by atoms with E-state index in [0.29, 0.717) is 12.4 Å². The average molecular weight is 599 g/mol. The van der Waals surface area contributed by atoms with Gasteiger partial charge in [0.25, 0.3) is 0 Å². The number of ether oxygens (including phenoxy) is 1. The van der Waals surface area contributed by atoms with Gasteiger partial charge in [-0.1, -0.05) is 30.3 Å². The molecule has 3 aromatic carbocycles. The molecule has 0 aromatic heterocycles. The molecule has 0 fully saturated rings. The van der Waals surface area contributed by atoms with Crippen LogP contribution in [0.15, 0.2) is 60.7 Å². The van der Waals surface area contributed by atoms with Crippen molar-refractivity contribution >= 4 is 56.8 Å². The molecular formula is C22H13F2I2NO. The van der Waals surface area contributed by atoms with Crippen LogP contribution < -0.4 is 4.74 Å². The lowest BCUT2D eigenvalue weighted by atomic mass is 10.0. The number of nitrogens with zero attached hydrogens (tertiary/aromatic N) is 1. The summed E-state index contributed by atoms with van der Waals surface area (Å²) in [5.41, 5.74) is 2.17. The molecule has 0 heterocycles. The third-order valence-corrected chi connectivity index (χ3v) is 5.52. The lowest BCUT2D eigenvalue weighted by Gasteiger charge is -2.12. The van der Waals surface area contributed by atoms with E-state index in [1.54, 1.807) is 36.4 Å². The fraction of sp³-hybridized carbons (Fsp3) is 0.0455. The van der Waals surface area contributed by atoms with Crippen LogP contribution in [0.1, 0.15) is 16.7 Å². The maximum Gasteiger partial charge on any atom is 0.146 e. The Balaban J connectivity index is 1.86. The number of hydrogen-bond acceptors (Lipinski definition) is 2. The minimum atomic E-state index is -0.432. The van der Waals surface area contributed by atoms with Crippen LogP contribution in [-0.4, -0.2) is 0 Å². The molecule has 140 valence electrons. The predicted octanol–water partition coefficient (Wildman–Crippen LogP) is 6.82. The summed E-state index contributed by atoms with van der Waals surface area (Å²) >= 11 is 4.33. The van der Waals surface area contributed by atoms with Gasteiger partial charge in [0.05, 0.1) is 18.8 Å². The van der Waals surface area contributed by atoms with Gasteiger partial charge in [-0.05, 0) is 92.7 Å². The summed E-state index contributed by atoms with van der Waals surface area (Å²) in [4.78, 5) is 0. The van der Waals surface area contributed by atoms with Crippen molar-refractivity contribution < 1.29 is 13.5 Å². The van der Waals surface area contributed by atoms with Crippen molar-refractivity contribution in [2.75, 3.05) is 0 Å². The first-order valence-corrected chi connectivity index (χ1v) is 10.4. The summed E-state index contributed by atoms with van der Waals surface area (Å²) in [6.45, 7) is 0.320. The van der Waals surface area contributed by atoms with E-state index >= 15 is 0 Å². The van der Waals surface area contributed by atoms with E-state index in [2.05, 4.69) is 51.3 Å². The molecule has 0 amide bonds. The first kappa shape index (κ1) is 20.7. The topological polar surface area (TPSA) is 33.0 Å². The average Bonchev–Trinajstić information content (AvgIpc) is 2.67. The highest BCUT2D eigenvalue weighted by Gasteiger charge is 2.11. The second kappa shape index (κ2) is 9.47. The fourth-order valence-electron chi connectivity index (χ4n) is 2.55. The Kier molecular flexibility index (Phi) is 7.02. The van der Waals surface area contributed by atoms with Crippen molar-refractivity contribution in [2.45, 2.75) is 6.61 Å². The van der Waals surface area contributed by atoms with Gasteiger partial charge in [0.1, 0.15) is 24.0 Å². The van der Waals surface area contributed by atoms with E-state index in [0.717, 1.165) is 18.3 Å². The number of nitriles is 1. The number of halogens is 4. The molecular weight excluding hydrogens is 586 g/mol. The van der Waals surface area contributed by atoms with Crippen molar-refractivity contribution in [3.63, 3.8) is 0 Å². The van der Waals surface area contributed by atoms with Crippen molar-refractivity contribution in [1.29, 1.82) is 5.26 Å². The maximum atomic E-state index is 14.0. The van der Waals surface area contributed by atoms with Crippen LogP contribution in [-0.2, 0) is 6.61 Å². The predicted molar refractivity (Wildman–Crippen MR) is 122 cm³/mol. The highest BCUT2D eigenvalue weighted by Crippen LogP contribution is 2.31. The van der Waals surface area contributed by atoms with Gasteiger partial charge >= 0.3 is 0 Å². The molecule has 0 radical (unpaired) electrons. The zero-order valence-corrected chi connectivity index (χ0v) is 18.7. The van der Waals surface area contributed by atoms with E-state index in [4.69, 9.17) is 4.74 Å². The number of allylic oxidation sites excluding steroid dienone is 1. The fourth-order valence-corrected chi connectivity index (χ4v) is 4.68. The zero-order chi connectivity index (χ0) is 20.1. The van der Waals surface area contributed by atoms with E-state index in [1.807, 2.05) is 12.1 Å². The second-order valence-corrected chi connectivity index (χ2v) is 8.20. The largest absolute Gasteiger partial charge is 0.487 e. The summed E-state index contributed by atoms with van der Waals surface area (Å²) < 4.78 is 34.6. The SMILES string of the molecule is N#C/C(=C/c1cc(I)c(OCc2ccc(F)cc2)c(I)c1)c1ccccc1F. The lowest BCUT2D eigenvalue weighted by molar-refractivity contribution is 0.301. The standard InChI is InChI=1S/C22H13F2I2NO/c23-17-7-5-14(6-8-17)13-28-22-20(25)10-15(11-21(22)26)9-16(12-27)18-3-1-2-4-19(18)24/h1-11H,13H2/b16-9-. The van der Waals surface area contributed by atoms with Crippen LogP contribution in [0.2, 0.25) is 0 Å². The Morgan fingerprint density at radius 1 is 1.00 bits per heavy atom. The monoisotopic (exact) mass is 599 g/mol. The normalized spacial score (nSPS) is 11.2. The molecule has 6 heteroatoms. The molecule has 0 saturated carbocycles. The summed E-state index contributed by atoms with van der Waals surface area (Å²) in [6.07, 6.45) is 1.66. The Bertz CT molecular complexity index is 1050. The van der Waals surface area contributed by atoms with E-state index in [1.165, 1.54) is 18.2 Å². The Morgan fingerprint density at radius 3 is 2.25 bits per heavy atom. The van der Waals surface area contributed by atoms with E-state index in [-0.39, 0.29) is 17.0 Å². The molecule has 2 nitrogen and oxygen atoms in total. The van der Waals surface area contributed by atoms with Crippen LogP contribution in [0.5, 0.6) is 5.75 Å². The van der Waals surface area contributed by atoms with Crippen LogP contribution in [0, 0.1) is 30.1 Å². The smallest absolute Gasteiger partial charge is 0.146 e. The molecule has 0 N–H and O–H groups in total. The van der Waals surface area contributed by atoms with Crippen molar-refractivity contribution in [3.05, 3.63) is 96.1 Å². The van der Waals surface area contributed by atoms with Gasteiger partial charge in [0.15, 0.2) is 0 Å². The Labute approximate surface area is 189 Å². The van der Waals surface area contributed by atoms with Gasteiger partial charge in [-0.2, -0.15) is 5.26 Å². The van der Waals surface area contributed by atoms with Gasteiger partial charge in [-0.25, -0.2) is 8.78 Å². The minimum Gasteiger partial charge on any atom is -0.487 e. The van der Waals surface area contributed by atoms with Crippen LogP contribution in [0.3, 0.4) is 0 Å². The van der Waals surface area contributed by atoms with Gasteiger partial charge < -0.3 is 4.74 Å². The van der Waals surface area contributed by atoms with Crippen LogP contribution in [0.4, 0.5) is 8.78 Å². The molecule has 3 rings (SSSR count). The third kappa shape index (κ3) is 5.08. The second-order valence-electron chi connectivity index (χ2n) is 5.88. The summed E-state index contributed by atoms with van der Waals surface area (Å²) in [7, 11) is 0. The van der Waals surface area contributed by atoms with Gasteiger partial charge in [0, 0.05) is 5.56 Å². The van der Waals surface area contributed by atoms with E-state index in [9.17, 15) is 14.0 Å². The highest BCUT2D eigenvalue weighted by atomic mass is 127. The third-order valence-electron chi connectivity index (χ3n) is 3.91. The van der Waals surface area contributed by atoms with Crippen molar-refractivity contribution in [3.8, 4) is 11.8 Å². The minimum absolute atomic E-state index is 0.254. The molecule has 0 atom stereocenters. The lowest BCUT2D eigenvalue weighted by Crippen LogP contribution is -1.99. The van der Waals surface area contributed by atoms with E-state index < -0.39 is 5.82 Å². The molecule has 0 aliphatic heterocycles. The van der Waals surface area contributed by atoms with Crippen LogP contribution >= 0.6 is 45.2 Å². The maximum absolute atomic E-state index is 14.0. The molecule has 0 aliphatic carbocycles. The molecule has 0 aliphatic rings. The molecule has 0 saturated heterocycles. The summed E-state index contributed by atoms with van der Waals surface area (Å²) in [5, 5.41) is 9.45. The highest BCUT2D eigenvalue weighted by molar-refractivity contribution is 14.1. The van der Waals surface area contributed by atoms with Gasteiger partial charge in [0.2, 0.25) is 0 Å². The Hall–Kier alpha value is -1.99. The molecule has 28 heavy (non-hydrogen) atoms. The van der Waals surface area contributed by atoms with Crippen molar-refractivity contribution in [2.24, 2.45) is 0 Å². The van der Waals surface area contributed by atoms with Crippen molar-refractivity contribution in [1.82, 2.24) is 0 Å². The zero-order valence-electron chi connectivity index (χ0n) is 14.4. The summed E-state index contributed by atoms with van der Waals surface area (Å²) in [5.74, 6) is -0.00165. The first-order chi connectivity index (χ1) is 13.5. The number of hydrogen-bond donors (Lipinski definition) is 0.